The Balaban J connectivity index is 1.78. The van der Waals surface area contributed by atoms with Gasteiger partial charge in [0.1, 0.15) is 17.4 Å². The molecule has 3 aromatic rings. The number of carbonyl (C=O) groups is 2. The van der Waals surface area contributed by atoms with Crippen LogP contribution in [0.4, 0.5) is 0 Å². The lowest BCUT2D eigenvalue weighted by Crippen LogP contribution is -2.23. The Labute approximate surface area is 200 Å². The molecule has 1 heterocycles. The summed E-state index contributed by atoms with van der Waals surface area (Å²) in [5, 5.41) is 12.6. The Kier molecular flexibility index (Phi) is 8.14. The summed E-state index contributed by atoms with van der Waals surface area (Å²) in [5.74, 6) is -0.193. The van der Waals surface area contributed by atoms with Crippen LogP contribution in [-0.2, 0) is 11.3 Å². The van der Waals surface area contributed by atoms with Crippen molar-refractivity contribution in [2.45, 2.75) is 13.5 Å². The first-order chi connectivity index (χ1) is 15.9. The highest BCUT2D eigenvalue weighted by atomic mass is 35.5. The molecular weight excluding hydrogens is 467 g/mol. The summed E-state index contributed by atoms with van der Waals surface area (Å²) < 4.78 is 16.2. The van der Waals surface area contributed by atoms with Crippen molar-refractivity contribution < 1.29 is 23.5 Å². The van der Waals surface area contributed by atoms with Gasteiger partial charge in [0.05, 0.1) is 35.0 Å². The molecule has 2 aromatic carbocycles. The van der Waals surface area contributed by atoms with Crippen molar-refractivity contribution in [3.8, 4) is 17.6 Å². The highest BCUT2D eigenvalue weighted by Crippen LogP contribution is 2.31. The quantitative estimate of drug-likeness (QED) is 0.198. The van der Waals surface area contributed by atoms with E-state index in [9.17, 15) is 14.9 Å². The van der Waals surface area contributed by atoms with Gasteiger partial charge in [0.25, 0.3) is 5.91 Å². The highest BCUT2D eigenvalue weighted by molar-refractivity contribution is 6.42. The van der Waals surface area contributed by atoms with Crippen LogP contribution in [0.3, 0.4) is 0 Å². The molecular formula is C24H18Cl2N2O5. The maximum atomic E-state index is 12.5. The number of amides is 1. The molecule has 0 bridgehead atoms. The minimum absolute atomic E-state index is 0.107. The SMILES string of the molecule is CCOc1cc(/C=C(\C#N)C(=O)NCc2ccco2)ccc1OC(=O)c1ccc(Cl)c(Cl)c1. The van der Waals surface area contributed by atoms with Crippen molar-refractivity contribution in [3.05, 3.63) is 87.3 Å². The van der Waals surface area contributed by atoms with E-state index in [-0.39, 0.29) is 34.2 Å². The number of hydrogen-bond acceptors (Lipinski definition) is 6. The molecule has 3 rings (SSSR count). The summed E-state index contributed by atoms with van der Waals surface area (Å²) in [6.07, 6.45) is 2.90. The second kappa shape index (κ2) is 11.2. The van der Waals surface area contributed by atoms with Gasteiger partial charge in [-0.1, -0.05) is 29.3 Å². The minimum Gasteiger partial charge on any atom is -0.490 e. The van der Waals surface area contributed by atoms with Gasteiger partial charge in [-0.15, -0.1) is 0 Å². The molecule has 0 aliphatic heterocycles. The number of benzene rings is 2. The Morgan fingerprint density at radius 1 is 1.12 bits per heavy atom. The zero-order valence-corrected chi connectivity index (χ0v) is 18.9. The van der Waals surface area contributed by atoms with Crippen molar-refractivity contribution >= 4 is 41.2 Å². The Morgan fingerprint density at radius 2 is 1.94 bits per heavy atom. The lowest BCUT2D eigenvalue weighted by Gasteiger charge is -2.12. The lowest BCUT2D eigenvalue weighted by molar-refractivity contribution is -0.117. The Bertz CT molecular complexity index is 1230. The normalized spacial score (nSPS) is 10.9. The van der Waals surface area contributed by atoms with Gasteiger partial charge in [-0.25, -0.2) is 4.79 Å². The van der Waals surface area contributed by atoms with E-state index in [1.165, 1.54) is 36.6 Å². The van der Waals surface area contributed by atoms with Crippen LogP contribution in [0.25, 0.3) is 6.08 Å². The van der Waals surface area contributed by atoms with E-state index in [1.54, 1.807) is 31.2 Å². The van der Waals surface area contributed by atoms with Crippen LogP contribution >= 0.6 is 23.2 Å². The molecule has 168 valence electrons. The zero-order chi connectivity index (χ0) is 23.8. The molecule has 0 fully saturated rings. The third kappa shape index (κ3) is 6.39. The fourth-order valence-electron chi connectivity index (χ4n) is 2.74. The number of carbonyl (C=O) groups excluding carboxylic acids is 2. The van der Waals surface area contributed by atoms with Gasteiger partial charge in [-0.2, -0.15) is 5.26 Å². The molecule has 0 aliphatic carbocycles. The summed E-state index contributed by atoms with van der Waals surface area (Å²) in [5.41, 5.74) is 0.623. The second-order valence-electron chi connectivity index (χ2n) is 6.59. The first kappa shape index (κ1) is 23.9. The van der Waals surface area contributed by atoms with Gasteiger partial charge in [-0.3, -0.25) is 4.79 Å². The van der Waals surface area contributed by atoms with E-state index in [0.29, 0.717) is 23.0 Å². The van der Waals surface area contributed by atoms with E-state index in [2.05, 4.69) is 5.32 Å². The van der Waals surface area contributed by atoms with Gasteiger partial charge in [0, 0.05) is 0 Å². The number of nitrogens with zero attached hydrogens (tertiary/aromatic N) is 1. The zero-order valence-electron chi connectivity index (χ0n) is 17.4. The van der Waals surface area contributed by atoms with E-state index < -0.39 is 11.9 Å². The molecule has 0 atom stereocenters. The molecule has 33 heavy (non-hydrogen) atoms. The van der Waals surface area contributed by atoms with Crippen molar-refractivity contribution in [2.24, 2.45) is 0 Å². The molecule has 1 aromatic heterocycles. The third-order valence-electron chi connectivity index (χ3n) is 4.30. The van der Waals surface area contributed by atoms with Crippen LogP contribution in [0.5, 0.6) is 11.5 Å². The van der Waals surface area contributed by atoms with Crippen molar-refractivity contribution in [1.29, 1.82) is 5.26 Å². The van der Waals surface area contributed by atoms with Crippen LogP contribution in [0, 0.1) is 11.3 Å². The first-order valence-corrected chi connectivity index (χ1v) is 10.5. The standard InChI is InChI=1S/C24H18Cl2N2O5/c1-2-31-22-11-15(10-17(13-27)23(29)28-14-18-4-3-9-32-18)5-8-21(22)33-24(30)16-6-7-19(25)20(26)12-16/h3-12H,2,14H2,1H3,(H,28,29)/b17-10+. The summed E-state index contributed by atoms with van der Waals surface area (Å²) >= 11 is 11.9. The average molecular weight is 485 g/mol. The van der Waals surface area contributed by atoms with Gasteiger partial charge >= 0.3 is 5.97 Å². The Morgan fingerprint density at radius 3 is 2.61 bits per heavy atom. The third-order valence-corrected chi connectivity index (χ3v) is 5.04. The number of rotatable bonds is 8. The average Bonchev–Trinajstić information content (AvgIpc) is 3.33. The maximum absolute atomic E-state index is 12.5. The summed E-state index contributed by atoms with van der Waals surface area (Å²) in [7, 11) is 0. The van der Waals surface area contributed by atoms with Gasteiger partial charge in [0.15, 0.2) is 11.5 Å². The Hall–Kier alpha value is -3.73. The molecule has 0 radical (unpaired) electrons. The number of esters is 1. The summed E-state index contributed by atoms with van der Waals surface area (Å²) in [6, 6.07) is 14.4. The van der Waals surface area contributed by atoms with Crippen molar-refractivity contribution in [1.82, 2.24) is 5.32 Å². The van der Waals surface area contributed by atoms with Crippen LogP contribution in [0.15, 0.2) is 64.8 Å². The predicted octanol–water partition coefficient (Wildman–Crippen LogP) is 5.43. The predicted molar refractivity (Wildman–Crippen MR) is 123 cm³/mol. The van der Waals surface area contributed by atoms with E-state index in [4.69, 9.17) is 37.1 Å². The summed E-state index contributed by atoms with van der Waals surface area (Å²) in [4.78, 5) is 24.8. The summed E-state index contributed by atoms with van der Waals surface area (Å²) in [6.45, 7) is 2.23. The van der Waals surface area contributed by atoms with Gasteiger partial charge < -0.3 is 19.2 Å². The van der Waals surface area contributed by atoms with Crippen LogP contribution in [0.1, 0.15) is 28.6 Å². The molecule has 1 N–H and O–H groups in total. The smallest absolute Gasteiger partial charge is 0.343 e. The first-order valence-electron chi connectivity index (χ1n) is 9.77. The van der Waals surface area contributed by atoms with E-state index >= 15 is 0 Å². The molecule has 0 saturated heterocycles. The number of halogens is 2. The van der Waals surface area contributed by atoms with Crippen LogP contribution < -0.4 is 14.8 Å². The fourth-order valence-corrected chi connectivity index (χ4v) is 3.04. The molecule has 0 spiro atoms. The lowest BCUT2D eigenvalue weighted by atomic mass is 10.1. The van der Waals surface area contributed by atoms with Crippen molar-refractivity contribution in [3.63, 3.8) is 0 Å². The minimum atomic E-state index is -0.646. The molecule has 0 aliphatic rings. The van der Waals surface area contributed by atoms with Crippen molar-refractivity contribution in [2.75, 3.05) is 6.61 Å². The van der Waals surface area contributed by atoms with Crippen LogP contribution in [-0.4, -0.2) is 18.5 Å². The van der Waals surface area contributed by atoms with Gasteiger partial charge in [-0.05, 0) is 61.0 Å². The van der Waals surface area contributed by atoms with E-state index in [1.807, 2.05) is 6.07 Å². The number of ether oxygens (including phenoxy) is 2. The number of nitrogens with one attached hydrogen (secondary N) is 1. The monoisotopic (exact) mass is 484 g/mol. The fraction of sp³-hybridized carbons (Fsp3) is 0.125. The van der Waals surface area contributed by atoms with E-state index in [0.717, 1.165) is 0 Å². The number of furan rings is 1. The maximum Gasteiger partial charge on any atom is 0.343 e. The molecule has 7 nitrogen and oxygen atoms in total. The largest absolute Gasteiger partial charge is 0.490 e. The molecule has 9 heteroatoms. The topological polar surface area (TPSA) is 102 Å². The van der Waals surface area contributed by atoms with Gasteiger partial charge in [0.2, 0.25) is 0 Å². The highest BCUT2D eigenvalue weighted by Gasteiger charge is 2.15. The number of hydrogen-bond donors (Lipinski definition) is 1. The molecule has 0 unspecified atom stereocenters. The number of nitriles is 1. The van der Waals surface area contributed by atoms with Crippen LogP contribution in [0.2, 0.25) is 10.0 Å². The molecule has 0 saturated carbocycles. The second-order valence-corrected chi connectivity index (χ2v) is 7.40. The molecule has 1 amide bonds.